The number of halogens is 1. The van der Waals surface area contributed by atoms with Crippen LogP contribution in [-0.4, -0.2) is 41.3 Å². The summed E-state index contributed by atoms with van der Waals surface area (Å²) >= 11 is 0. The molecule has 172 valence electrons. The summed E-state index contributed by atoms with van der Waals surface area (Å²) in [5.41, 5.74) is 4.41. The summed E-state index contributed by atoms with van der Waals surface area (Å²) in [6.45, 7) is 0. The van der Waals surface area contributed by atoms with E-state index in [2.05, 4.69) is 15.0 Å². The van der Waals surface area contributed by atoms with Crippen LogP contribution < -0.4 is 4.74 Å². The molecule has 0 atom stereocenters. The Balaban J connectivity index is 1.79. The molecule has 0 N–H and O–H groups in total. The van der Waals surface area contributed by atoms with Crippen LogP contribution in [0.3, 0.4) is 0 Å². The zero-order valence-corrected chi connectivity index (χ0v) is 19.6. The summed E-state index contributed by atoms with van der Waals surface area (Å²) < 4.78 is 46.3. The van der Waals surface area contributed by atoms with Crippen molar-refractivity contribution in [2.75, 3.05) is 13.4 Å². The monoisotopic (exact) mass is 476 g/mol. The number of methoxy groups -OCH3 is 1. The van der Waals surface area contributed by atoms with Crippen LogP contribution in [0.4, 0.5) is 4.39 Å². The smallest absolute Gasteiger partial charge is 0.151 e. The van der Waals surface area contributed by atoms with Crippen molar-refractivity contribution in [1.82, 2.24) is 19.5 Å². The summed E-state index contributed by atoms with van der Waals surface area (Å²) in [7, 11) is 0.0609. The average molecular weight is 477 g/mol. The molecule has 0 radical (unpaired) electrons. The predicted octanol–water partition coefficient (Wildman–Crippen LogP) is 4.54. The summed E-state index contributed by atoms with van der Waals surface area (Å²) in [6, 6.07) is 10.7. The Hall–Kier alpha value is -3.85. The second-order valence-electron chi connectivity index (χ2n) is 8.16. The first-order chi connectivity index (χ1) is 16.3. The van der Waals surface area contributed by atoms with Crippen molar-refractivity contribution in [2.45, 2.75) is 5.75 Å². The van der Waals surface area contributed by atoms with E-state index in [1.165, 1.54) is 13.3 Å². The van der Waals surface area contributed by atoms with E-state index in [-0.39, 0.29) is 5.75 Å². The predicted molar refractivity (Wildman–Crippen MR) is 130 cm³/mol. The highest BCUT2D eigenvalue weighted by molar-refractivity contribution is 7.89. The first kappa shape index (κ1) is 22.0. The molecule has 0 aliphatic heterocycles. The molecule has 4 aromatic heterocycles. The van der Waals surface area contributed by atoms with E-state index in [0.29, 0.717) is 39.2 Å². The minimum absolute atomic E-state index is 0.168. The molecule has 0 saturated carbocycles. The molecule has 0 unspecified atom stereocenters. The molecule has 1 aromatic carbocycles. The van der Waals surface area contributed by atoms with Gasteiger partial charge in [-0.05, 0) is 29.8 Å². The van der Waals surface area contributed by atoms with Gasteiger partial charge in [-0.25, -0.2) is 17.8 Å². The fraction of sp³-hybridized carbons (Fsp3) is 0.160. The number of benzene rings is 1. The molecule has 0 spiro atoms. The van der Waals surface area contributed by atoms with Gasteiger partial charge in [-0.15, -0.1) is 0 Å². The molecular formula is C25H21FN4O3S. The van der Waals surface area contributed by atoms with E-state index >= 15 is 4.39 Å². The SMILES string of the molecule is COc1cc(-c2c(F)cnc3c2c2cc(-c4cccnc4)ncc2n3C)ccc1CS(C)(=O)=O. The Morgan fingerprint density at radius 3 is 2.59 bits per heavy atom. The number of rotatable bonds is 5. The average Bonchev–Trinajstić information content (AvgIpc) is 3.10. The summed E-state index contributed by atoms with van der Waals surface area (Å²) in [5.74, 6) is -0.276. The van der Waals surface area contributed by atoms with Crippen LogP contribution in [0.2, 0.25) is 0 Å². The zero-order valence-electron chi connectivity index (χ0n) is 18.8. The maximum atomic E-state index is 15.3. The molecule has 0 saturated heterocycles. The molecule has 0 aliphatic rings. The standard InChI is InChI=1S/C25H21FN4O3S/c1-30-21-13-28-20(16-5-4-8-27-11-16)10-18(21)24-23(19(26)12-29-25(24)30)15-6-7-17(14-34(3,31)32)22(9-15)33-2/h4-13H,14H2,1-3H3. The zero-order chi connectivity index (χ0) is 24.0. The van der Waals surface area contributed by atoms with Gasteiger partial charge >= 0.3 is 0 Å². The van der Waals surface area contributed by atoms with Gasteiger partial charge < -0.3 is 9.30 Å². The van der Waals surface area contributed by atoms with Crippen LogP contribution in [0, 0.1) is 5.82 Å². The Labute approximate surface area is 195 Å². The first-order valence-corrected chi connectivity index (χ1v) is 12.5. The molecule has 0 bridgehead atoms. The largest absolute Gasteiger partial charge is 0.496 e. The number of nitrogens with zero attached hydrogens (tertiary/aromatic N) is 4. The lowest BCUT2D eigenvalue weighted by molar-refractivity contribution is 0.411. The second kappa shape index (κ2) is 8.18. The Morgan fingerprint density at radius 1 is 1.06 bits per heavy atom. The van der Waals surface area contributed by atoms with Crippen molar-refractivity contribution < 1.29 is 17.5 Å². The number of fused-ring (bicyclic) bond motifs is 3. The van der Waals surface area contributed by atoms with Gasteiger partial charge in [0.25, 0.3) is 0 Å². The maximum absolute atomic E-state index is 15.3. The quantitative estimate of drug-likeness (QED) is 0.370. The third kappa shape index (κ3) is 3.77. The van der Waals surface area contributed by atoms with E-state index in [0.717, 1.165) is 22.7 Å². The lowest BCUT2D eigenvalue weighted by Gasteiger charge is -2.12. The van der Waals surface area contributed by atoms with Crippen molar-refractivity contribution in [3.05, 3.63) is 72.6 Å². The van der Waals surface area contributed by atoms with Crippen LogP contribution in [0.5, 0.6) is 5.75 Å². The van der Waals surface area contributed by atoms with Gasteiger partial charge in [-0.1, -0.05) is 12.1 Å². The Bertz CT molecular complexity index is 1670. The highest BCUT2D eigenvalue weighted by atomic mass is 32.2. The number of pyridine rings is 3. The number of hydrogen-bond acceptors (Lipinski definition) is 6. The van der Waals surface area contributed by atoms with Crippen molar-refractivity contribution >= 4 is 31.8 Å². The van der Waals surface area contributed by atoms with E-state index in [4.69, 9.17) is 4.74 Å². The highest BCUT2D eigenvalue weighted by Crippen LogP contribution is 2.39. The maximum Gasteiger partial charge on any atom is 0.151 e. The van der Waals surface area contributed by atoms with Gasteiger partial charge in [0.2, 0.25) is 0 Å². The molecule has 0 aliphatic carbocycles. The topological polar surface area (TPSA) is 87.0 Å². The lowest BCUT2D eigenvalue weighted by atomic mass is 9.99. The summed E-state index contributed by atoms with van der Waals surface area (Å²) in [6.07, 6.45) is 7.53. The van der Waals surface area contributed by atoms with Gasteiger partial charge in [0.1, 0.15) is 17.2 Å². The van der Waals surface area contributed by atoms with E-state index in [9.17, 15) is 8.42 Å². The van der Waals surface area contributed by atoms with Crippen molar-refractivity contribution in [3.63, 3.8) is 0 Å². The van der Waals surface area contributed by atoms with Gasteiger partial charge in [-0.3, -0.25) is 9.97 Å². The minimum Gasteiger partial charge on any atom is -0.496 e. The molecule has 5 aromatic rings. The second-order valence-corrected chi connectivity index (χ2v) is 10.3. The fourth-order valence-electron chi connectivity index (χ4n) is 4.27. The molecule has 0 amide bonds. The number of aryl methyl sites for hydroxylation is 1. The molecule has 34 heavy (non-hydrogen) atoms. The third-order valence-electron chi connectivity index (χ3n) is 5.79. The number of aromatic nitrogens is 4. The third-order valence-corrected chi connectivity index (χ3v) is 6.63. The van der Waals surface area contributed by atoms with Crippen molar-refractivity contribution in [1.29, 1.82) is 0 Å². The number of hydrogen-bond donors (Lipinski definition) is 0. The molecule has 5 rings (SSSR count). The van der Waals surface area contributed by atoms with Crippen molar-refractivity contribution in [3.8, 4) is 28.1 Å². The summed E-state index contributed by atoms with van der Waals surface area (Å²) in [4.78, 5) is 13.1. The van der Waals surface area contributed by atoms with Crippen molar-refractivity contribution in [2.24, 2.45) is 7.05 Å². The van der Waals surface area contributed by atoms with Crippen LogP contribution in [0.25, 0.3) is 44.3 Å². The number of ether oxygens (including phenoxy) is 1. The van der Waals surface area contributed by atoms with Crippen LogP contribution in [0.1, 0.15) is 5.56 Å². The van der Waals surface area contributed by atoms with Crippen LogP contribution in [0.15, 0.2) is 61.2 Å². The van der Waals surface area contributed by atoms with Gasteiger partial charge in [-0.2, -0.15) is 0 Å². The summed E-state index contributed by atoms with van der Waals surface area (Å²) in [5, 5.41) is 1.44. The molecule has 4 heterocycles. The molecule has 7 nitrogen and oxygen atoms in total. The van der Waals surface area contributed by atoms with Crippen LogP contribution >= 0.6 is 0 Å². The Morgan fingerprint density at radius 2 is 1.88 bits per heavy atom. The van der Waals surface area contributed by atoms with E-state index < -0.39 is 15.7 Å². The molecule has 0 fully saturated rings. The normalized spacial score (nSPS) is 11.9. The molecule has 9 heteroatoms. The fourth-order valence-corrected chi connectivity index (χ4v) is 5.08. The van der Waals surface area contributed by atoms with Gasteiger partial charge in [0.05, 0.1) is 36.5 Å². The van der Waals surface area contributed by atoms with Crippen LogP contribution in [-0.2, 0) is 22.6 Å². The first-order valence-electron chi connectivity index (χ1n) is 10.4. The highest BCUT2D eigenvalue weighted by Gasteiger charge is 2.21. The number of sulfone groups is 1. The van der Waals surface area contributed by atoms with E-state index in [1.54, 1.807) is 36.8 Å². The Kier molecular flexibility index (Phi) is 5.28. The lowest BCUT2D eigenvalue weighted by Crippen LogP contribution is -2.03. The van der Waals surface area contributed by atoms with E-state index in [1.807, 2.05) is 29.8 Å². The van der Waals surface area contributed by atoms with Gasteiger partial charge in [0.15, 0.2) is 9.84 Å². The minimum atomic E-state index is -3.27. The van der Waals surface area contributed by atoms with Gasteiger partial charge in [0, 0.05) is 53.2 Å². The molecular weight excluding hydrogens is 455 g/mol.